The number of aromatic amines is 1. The number of rotatable bonds is 3. The zero-order valence-corrected chi connectivity index (χ0v) is 13.3. The largest absolute Gasteiger partial charge is 0.356 e. The van der Waals surface area contributed by atoms with Gasteiger partial charge in [0.05, 0.1) is 5.56 Å². The molecule has 3 heterocycles. The first-order valence-electron chi connectivity index (χ1n) is 7.67. The number of benzene rings is 1. The summed E-state index contributed by atoms with van der Waals surface area (Å²) in [7, 11) is 0. The van der Waals surface area contributed by atoms with E-state index < -0.39 is 0 Å². The summed E-state index contributed by atoms with van der Waals surface area (Å²) in [6.45, 7) is 1.85. The molecule has 0 spiro atoms. The van der Waals surface area contributed by atoms with Crippen LogP contribution in [0.1, 0.15) is 24.0 Å². The maximum atomic E-state index is 12.8. The molecule has 23 heavy (non-hydrogen) atoms. The summed E-state index contributed by atoms with van der Waals surface area (Å²) in [4.78, 5) is 23.8. The van der Waals surface area contributed by atoms with Gasteiger partial charge in [0.25, 0.3) is 11.3 Å². The van der Waals surface area contributed by atoms with Crippen molar-refractivity contribution in [1.82, 2.24) is 19.6 Å². The van der Waals surface area contributed by atoms with Crippen LogP contribution in [-0.4, -0.2) is 32.7 Å². The van der Waals surface area contributed by atoms with Gasteiger partial charge in [-0.15, -0.1) is 0 Å². The van der Waals surface area contributed by atoms with Crippen LogP contribution in [0.2, 0.25) is 5.02 Å². The van der Waals surface area contributed by atoms with E-state index in [1.165, 1.54) is 10.8 Å². The van der Waals surface area contributed by atoms with Gasteiger partial charge in [-0.3, -0.25) is 9.89 Å². The van der Waals surface area contributed by atoms with E-state index in [0.717, 1.165) is 37.3 Å². The molecule has 1 aliphatic heterocycles. The van der Waals surface area contributed by atoms with Gasteiger partial charge in [0.1, 0.15) is 12.1 Å². The smallest absolute Gasteiger partial charge is 0.279 e. The highest BCUT2D eigenvalue weighted by molar-refractivity contribution is 6.30. The zero-order chi connectivity index (χ0) is 15.8. The summed E-state index contributed by atoms with van der Waals surface area (Å²) in [6, 6.07) is 7.58. The first-order chi connectivity index (χ1) is 11.2. The van der Waals surface area contributed by atoms with Gasteiger partial charge in [0.15, 0.2) is 0 Å². The van der Waals surface area contributed by atoms with Crippen LogP contribution < -0.4 is 10.5 Å². The summed E-state index contributed by atoms with van der Waals surface area (Å²) >= 11 is 6.07. The first kappa shape index (κ1) is 14.3. The number of halogens is 1. The lowest BCUT2D eigenvalue weighted by atomic mass is 10.1. The van der Waals surface area contributed by atoms with E-state index in [1.807, 2.05) is 24.3 Å². The summed E-state index contributed by atoms with van der Waals surface area (Å²) in [6.07, 6.45) is 4.23. The summed E-state index contributed by atoms with van der Waals surface area (Å²) in [5.74, 6) is 1.16. The third-order valence-electron chi connectivity index (χ3n) is 4.18. The summed E-state index contributed by atoms with van der Waals surface area (Å²) < 4.78 is 1.39. The van der Waals surface area contributed by atoms with E-state index in [9.17, 15) is 4.79 Å². The maximum Gasteiger partial charge on any atom is 0.279 e. The molecule has 7 heteroatoms. The number of nitrogens with one attached hydrogen (secondary N) is 1. The van der Waals surface area contributed by atoms with Crippen molar-refractivity contribution in [3.63, 3.8) is 0 Å². The second-order valence-electron chi connectivity index (χ2n) is 5.74. The van der Waals surface area contributed by atoms with Crippen molar-refractivity contribution >= 4 is 23.2 Å². The molecule has 118 valence electrons. The van der Waals surface area contributed by atoms with Gasteiger partial charge in [0.2, 0.25) is 0 Å². The second kappa shape index (κ2) is 5.70. The number of H-pyrrole nitrogens is 1. The second-order valence-corrected chi connectivity index (χ2v) is 6.18. The summed E-state index contributed by atoms with van der Waals surface area (Å²) in [5.41, 5.74) is 1.57. The Labute approximate surface area is 137 Å². The Kier molecular flexibility index (Phi) is 3.53. The molecule has 0 aliphatic carbocycles. The van der Waals surface area contributed by atoms with Crippen LogP contribution >= 0.6 is 11.6 Å². The van der Waals surface area contributed by atoms with Gasteiger partial charge in [-0.2, -0.15) is 9.50 Å². The van der Waals surface area contributed by atoms with E-state index in [0.29, 0.717) is 22.8 Å². The van der Waals surface area contributed by atoms with Crippen LogP contribution in [0.15, 0.2) is 35.4 Å². The number of hydrogen-bond acceptors (Lipinski definition) is 4. The third kappa shape index (κ3) is 2.59. The summed E-state index contributed by atoms with van der Waals surface area (Å²) in [5, 5.41) is 3.50. The molecule has 0 amide bonds. The van der Waals surface area contributed by atoms with Crippen molar-refractivity contribution < 1.29 is 0 Å². The maximum absolute atomic E-state index is 12.8. The van der Waals surface area contributed by atoms with E-state index >= 15 is 0 Å². The van der Waals surface area contributed by atoms with Crippen LogP contribution in [-0.2, 0) is 6.42 Å². The quantitative estimate of drug-likeness (QED) is 0.800. The molecule has 1 fully saturated rings. The minimum absolute atomic E-state index is 0.102. The van der Waals surface area contributed by atoms with Crippen molar-refractivity contribution in [2.45, 2.75) is 19.3 Å². The fourth-order valence-electron chi connectivity index (χ4n) is 3.08. The standard InChI is InChI=1S/C16H16ClN5O/c17-12-5-3-4-11(8-12)9-13-14(21-6-1-2-7-21)20-16-18-10-19-22(16)15(13)23/h3-5,8,10H,1-2,6-7,9H2,(H,18,19,20). The van der Waals surface area contributed by atoms with Crippen molar-refractivity contribution in [1.29, 1.82) is 0 Å². The zero-order valence-electron chi connectivity index (χ0n) is 12.5. The average Bonchev–Trinajstić information content (AvgIpc) is 3.21. The fourth-order valence-corrected chi connectivity index (χ4v) is 3.29. The fraction of sp³-hybridized carbons (Fsp3) is 0.312. The molecule has 1 aromatic carbocycles. The highest BCUT2D eigenvalue weighted by Gasteiger charge is 2.22. The van der Waals surface area contributed by atoms with Crippen LogP contribution in [0, 0.1) is 0 Å². The van der Waals surface area contributed by atoms with E-state index in [-0.39, 0.29) is 5.56 Å². The topological polar surface area (TPSA) is 66.3 Å². The third-order valence-corrected chi connectivity index (χ3v) is 4.41. The normalized spacial score (nSPS) is 14.7. The molecule has 0 radical (unpaired) electrons. The molecule has 0 bridgehead atoms. The average molecular weight is 330 g/mol. The molecule has 1 N–H and O–H groups in total. The van der Waals surface area contributed by atoms with Gasteiger partial charge in [-0.25, -0.2) is 4.98 Å². The van der Waals surface area contributed by atoms with Crippen LogP contribution in [0.3, 0.4) is 0 Å². The molecule has 0 unspecified atom stereocenters. The number of hydrogen-bond donors (Lipinski definition) is 1. The Morgan fingerprint density at radius 3 is 2.87 bits per heavy atom. The molecule has 4 rings (SSSR count). The molecular formula is C16H16ClN5O. The highest BCUT2D eigenvalue weighted by atomic mass is 35.5. The Morgan fingerprint density at radius 1 is 1.26 bits per heavy atom. The molecule has 3 aromatic rings. The highest BCUT2D eigenvalue weighted by Crippen LogP contribution is 2.23. The monoisotopic (exact) mass is 329 g/mol. The minimum Gasteiger partial charge on any atom is -0.356 e. The van der Waals surface area contributed by atoms with Gasteiger partial charge >= 0.3 is 0 Å². The Bertz CT molecular complexity index is 910. The van der Waals surface area contributed by atoms with Crippen LogP contribution in [0.25, 0.3) is 5.78 Å². The predicted molar refractivity (Wildman–Crippen MR) is 89.3 cm³/mol. The lowest BCUT2D eigenvalue weighted by Gasteiger charge is -2.19. The van der Waals surface area contributed by atoms with E-state index in [1.54, 1.807) is 0 Å². The molecule has 0 saturated carbocycles. The van der Waals surface area contributed by atoms with E-state index in [4.69, 9.17) is 11.6 Å². The van der Waals surface area contributed by atoms with Gasteiger partial charge in [-0.05, 0) is 30.5 Å². The number of nitrogens with zero attached hydrogens (tertiary/aromatic N) is 4. The minimum atomic E-state index is -0.102. The van der Waals surface area contributed by atoms with Crippen LogP contribution in [0.4, 0.5) is 5.82 Å². The molecule has 0 atom stereocenters. The number of anilines is 1. The molecular weight excluding hydrogens is 314 g/mol. The molecule has 2 aromatic heterocycles. The molecule has 1 aliphatic rings. The number of fused-ring (bicyclic) bond motifs is 1. The van der Waals surface area contributed by atoms with Crippen molar-refractivity contribution in [3.05, 3.63) is 57.1 Å². The first-order valence-corrected chi connectivity index (χ1v) is 8.04. The molecule has 1 saturated heterocycles. The van der Waals surface area contributed by atoms with Crippen molar-refractivity contribution in [2.24, 2.45) is 0 Å². The van der Waals surface area contributed by atoms with Gasteiger partial charge in [0, 0.05) is 24.5 Å². The lowest BCUT2D eigenvalue weighted by Crippen LogP contribution is -2.28. The van der Waals surface area contributed by atoms with Crippen LogP contribution in [0.5, 0.6) is 0 Å². The SMILES string of the molecule is O=c1c(Cc2cccc(Cl)c2)c(N2CCCC2)nc2nc[nH]n12. The van der Waals surface area contributed by atoms with Crippen molar-refractivity contribution in [3.8, 4) is 0 Å². The van der Waals surface area contributed by atoms with Gasteiger partial charge in [-0.1, -0.05) is 23.7 Å². The van der Waals surface area contributed by atoms with Gasteiger partial charge < -0.3 is 4.90 Å². The van der Waals surface area contributed by atoms with E-state index in [2.05, 4.69) is 20.0 Å². The lowest BCUT2D eigenvalue weighted by molar-refractivity contribution is 0.843. The van der Waals surface area contributed by atoms with Crippen molar-refractivity contribution in [2.75, 3.05) is 18.0 Å². The Morgan fingerprint density at radius 2 is 2.09 bits per heavy atom. The predicted octanol–water partition coefficient (Wildman–Crippen LogP) is 2.26. The Balaban J connectivity index is 1.86. The Hall–Kier alpha value is -2.34. The number of aromatic nitrogens is 4. The molecule has 6 nitrogen and oxygen atoms in total.